The van der Waals surface area contributed by atoms with E-state index in [1.54, 1.807) is 46.8 Å². The normalized spacial score (nSPS) is 13.7. The molecule has 1 aliphatic rings. The van der Waals surface area contributed by atoms with Crippen LogP contribution in [0.1, 0.15) is 28.9 Å². The Labute approximate surface area is 189 Å². The van der Waals surface area contributed by atoms with Gasteiger partial charge in [0, 0.05) is 34.3 Å². The van der Waals surface area contributed by atoms with Gasteiger partial charge in [0.15, 0.2) is 0 Å². The van der Waals surface area contributed by atoms with E-state index >= 15 is 0 Å². The van der Waals surface area contributed by atoms with Gasteiger partial charge in [-0.1, -0.05) is 46.9 Å². The number of hydrogen-bond acceptors (Lipinski definition) is 3. The van der Waals surface area contributed by atoms with Gasteiger partial charge in [0.1, 0.15) is 5.69 Å². The first-order valence-corrected chi connectivity index (χ1v) is 10.6. The van der Waals surface area contributed by atoms with Crippen LogP contribution in [0.4, 0.5) is 0 Å². The molecule has 30 heavy (non-hydrogen) atoms. The van der Waals surface area contributed by atoms with E-state index in [1.807, 2.05) is 12.1 Å². The molecule has 3 aromatic rings. The Balaban J connectivity index is 1.87. The molecule has 2 heterocycles. The number of ketones is 1. The molecule has 0 spiro atoms. The summed E-state index contributed by atoms with van der Waals surface area (Å²) in [6.45, 7) is 2.97. The lowest BCUT2D eigenvalue weighted by Gasteiger charge is -2.13. The van der Waals surface area contributed by atoms with E-state index in [4.69, 9.17) is 34.8 Å². The smallest absolute Gasteiger partial charge is 0.296 e. The van der Waals surface area contributed by atoms with Gasteiger partial charge in [0.2, 0.25) is 0 Å². The van der Waals surface area contributed by atoms with Gasteiger partial charge in [0.25, 0.3) is 11.7 Å². The number of benzene rings is 2. The zero-order chi connectivity index (χ0) is 21.4. The Morgan fingerprint density at radius 3 is 2.20 bits per heavy atom. The highest BCUT2D eigenvalue weighted by atomic mass is 35.5. The van der Waals surface area contributed by atoms with Crippen molar-refractivity contribution in [1.29, 1.82) is 0 Å². The summed E-state index contributed by atoms with van der Waals surface area (Å²) in [7, 11) is 0. The molecule has 0 aliphatic carbocycles. The van der Waals surface area contributed by atoms with Gasteiger partial charge in [-0.15, -0.1) is 0 Å². The highest BCUT2D eigenvalue weighted by Gasteiger charge is 2.31. The number of halogens is 3. The third-order valence-electron chi connectivity index (χ3n) is 5.18. The van der Waals surface area contributed by atoms with Crippen molar-refractivity contribution in [3.8, 4) is 16.9 Å². The minimum Gasteiger partial charge on any atom is -0.336 e. The molecule has 8 heteroatoms. The van der Waals surface area contributed by atoms with Crippen LogP contribution in [-0.4, -0.2) is 39.5 Å². The van der Waals surface area contributed by atoms with Gasteiger partial charge in [0.05, 0.1) is 16.4 Å². The monoisotopic (exact) mass is 461 g/mol. The van der Waals surface area contributed by atoms with Crippen LogP contribution >= 0.6 is 34.8 Å². The largest absolute Gasteiger partial charge is 0.336 e. The van der Waals surface area contributed by atoms with Crippen molar-refractivity contribution in [2.24, 2.45) is 0 Å². The number of likely N-dealkylation sites (tertiary alicyclic amines) is 1. The maximum Gasteiger partial charge on any atom is 0.296 e. The number of nitrogens with zero attached hydrogens (tertiary/aromatic N) is 3. The molecule has 0 bridgehead atoms. The third kappa shape index (κ3) is 3.85. The van der Waals surface area contributed by atoms with E-state index in [0.717, 1.165) is 18.4 Å². The topological polar surface area (TPSA) is 55.2 Å². The number of carbonyl (C=O) groups is 2. The fourth-order valence-electron chi connectivity index (χ4n) is 3.65. The number of amides is 1. The molecule has 1 fully saturated rings. The van der Waals surface area contributed by atoms with Crippen LogP contribution in [0.5, 0.6) is 0 Å². The van der Waals surface area contributed by atoms with Gasteiger partial charge in [-0.3, -0.25) is 9.59 Å². The summed E-state index contributed by atoms with van der Waals surface area (Å²) < 4.78 is 1.59. The summed E-state index contributed by atoms with van der Waals surface area (Å²) in [5, 5.41) is 5.98. The molecule has 0 unspecified atom stereocenters. The van der Waals surface area contributed by atoms with Crippen LogP contribution in [-0.2, 0) is 4.79 Å². The van der Waals surface area contributed by atoms with Crippen molar-refractivity contribution in [3.05, 3.63) is 68.8 Å². The fraction of sp³-hybridized carbons (Fsp3) is 0.227. The first-order chi connectivity index (χ1) is 14.4. The molecular formula is C22H18Cl3N3O2. The van der Waals surface area contributed by atoms with E-state index in [0.29, 0.717) is 45.1 Å². The first kappa shape index (κ1) is 20.9. The molecule has 1 aromatic heterocycles. The standard InChI is InChI=1S/C22H18Cl3N3O2/c1-13-19(21(29)22(30)27-10-2-3-11-27)26-28(18-9-8-16(24)12-17(18)25)20(13)14-4-6-15(23)7-5-14/h4-9,12H,2-3,10-11H2,1H3. The highest BCUT2D eigenvalue weighted by Crippen LogP contribution is 2.33. The van der Waals surface area contributed by atoms with Crippen molar-refractivity contribution in [2.75, 3.05) is 13.1 Å². The zero-order valence-electron chi connectivity index (χ0n) is 16.2. The number of aromatic nitrogens is 2. The summed E-state index contributed by atoms with van der Waals surface area (Å²) in [5.41, 5.74) is 2.72. The van der Waals surface area contributed by atoms with Crippen molar-refractivity contribution in [3.63, 3.8) is 0 Å². The van der Waals surface area contributed by atoms with Crippen LogP contribution in [0.15, 0.2) is 42.5 Å². The van der Waals surface area contributed by atoms with Gasteiger partial charge in [-0.2, -0.15) is 5.10 Å². The Morgan fingerprint density at radius 1 is 0.933 bits per heavy atom. The molecular weight excluding hydrogens is 445 g/mol. The van der Waals surface area contributed by atoms with Crippen molar-refractivity contribution in [1.82, 2.24) is 14.7 Å². The zero-order valence-corrected chi connectivity index (χ0v) is 18.4. The number of carbonyl (C=O) groups excluding carboxylic acids is 2. The van der Waals surface area contributed by atoms with Crippen LogP contribution in [0, 0.1) is 6.92 Å². The Hall–Kier alpha value is -2.34. The van der Waals surface area contributed by atoms with E-state index in [9.17, 15) is 9.59 Å². The molecule has 1 amide bonds. The predicted molar refractivity (Wildman–Crippen MR) is 119 cm³/mol. The van der Waals surface area contributed by atoms with Gasteiger partial charge in [-0.05, 0) is 50.1 Å². The maximum absolute atomic E-state index is 13.0. The quantitative estimate of drug-likeness (QED) is 0.374. The second-order valence-corrected chi connectivity index (χ2v) is 8.45. The predicted octanol–water partition coefficient (Wildman–Crippen LogP) is 5.61. The lowest BCUT2D eigenvalue weighted by molar-refractivity contribution is -0.125. The summed E-state index contributed by atoms with van der Waals surface area (Å²) >= 11 is 18.5. The number of hydrogen-bond donors (Lipinski definition) is 0. The van der Waals surface area contributed by atoms with Crippen LogP contribution in [0.25, 0.3) is 16.9 Å². The van der Waals surface area contributed by atoms with E-state index in [-0.39, 0.29) is 5.69 Å². The minimum atomic E-state index is -0.617. The molecule has 1 saturated heterocycles. The molecule has 154 valence electrons. The van der Waals surface area contributed by atoms with E-state index in [1.165, 1.54) is 0 Å². The Bertz CT molecular complexity index is 1130. The third-order valence-corrected chi connectivity index (χ3v) is 5.97. The average Bonchev–Trinajstić information content (AvgIpc) is 3.36. The summed E-state index contributed by atoms with van der Waals surface area (Å²) in [4.78, 5) is 27.3. The summed E-state index contributed by atoms with van der Waals surface area (Å²) in [5.74, 6) is -1.14. The van der Waals surface area contributed by atoms with Crippen LogP contribution in [0.3, 0.4) is 0 Å². The number of rotatable bonds is 4. The molecule has 5 nitrogen and oxygen atoms in total. The molecule has 4 rings (SSSR count). The van der Waals surface area contributed by atoms with Gasteiger partial charge in [-0.25, -0.2) is 4.68 Å². The van der Waals surface area contributed by atoms with Crippen molar-refractivity contribution < 1.29 is 9.59 Å². The highest BCUT2D eigenvalue weighted by molar-refractivity contribution is 6.42. The Morgan fingerprint density at radius 2 is 1.57 bits per heavy atom. The summed E-state index contributed by atoms with van der Waals surface area (Å²) in [6.07, 6.45) is 1.81. The molecule has 1 aliphatic heterocycles. The lowest BCUT2D eigenvalue weighted by atomic mass is 10.0. The fourth-order valence-corrected chi connectivity index (χ4v) is 4.27. The lowest BCUT2D eigenvalue weighted by Crippen LogP contribution is -2.34. The van der Waals surface area contributed by atoms with Crippen LogP contribution < -0.4 is 0 Å². The molecule has 0 N–H and O–H groups in total. The first-order valence-electron chi connectivity index (χ1n) is 9.51. The minimum absolute atomic E-state index is 0.114. The van der Waals surface area contributed by atoms with Crippen molar-refractivity contribution in [2.45, 2.75) is 19.8 Å². The molecule has 0 radical (unpaired) electrons. The van der Waals surface area contributed by atoms with Crippen LogP contribution in [0.2, 0.25) is 15.1 Å². The number of Topliss-reactive ketones (excluding diaryl/α,β-unsaturated/α-hetero) is 1. The summed E-state index contributed by atoms with van der Waals surface area (Å²) in [6, 6.07) is 12.2. The van der Waals surface area contributed by atoms with E-state index in [2.05, 4.69) is 5.10 Å². The van der Waals surface area contributed by atoms with E-state index < -0.39 is 11.7 Å². The molecule has 2 aromatic carbocycles. The average molecular weight is 463 g/mol. The second-order valence-electron chi connectivity index (χ2n) is 7.17. The second kappa shape index (κ2) is 8.42. The Kier molecular flexibility index (Phi) is 5.87. The molecule has 0 atom stereocenters. The maximum atomic E-state index is 13.0. The van der Waals surface area contributed by atoms with Gasteiger partial charge >= 0.3 is 0 Å². The SMILES string of the molecule is Cc1c(C(=O)C(=O)N2CCCC2)nn(-c2ccc(Cl)cc2Cl)c1-c1ccc(Cl)cc1. The molecule has 0 saturated carbocycles. The van der Waals surface area contributed by atoms with Crippen molar-refractivity contribution >= 4 is 46.5 Å². The van der Waals surface area contributed by atoms with Gasteiger partial charge < -0.3 is 4.90 Å².